The van der Waals surface area contributed by atoms with Crippen LogP contribution in [0, 0.1) is 0 Å². The number of piperidine rings is 1. The van der Waals surface area contributed by atoms with Crippen LogP contribution in [0.15, 0.2) is 54.6 Å². The molecule has 3 aliphatic rings. The van der Waals surface area contributed by atoms with Gasteiger partial charge in [0.05, 0.1) is 0 Å². The molecule has 2 aromatic carbocycles. The molecule has 5 rings (SSSR count). The van der Waals surface area contributed by atoms with Crippen LogP contribution in [-0.4, -0.2) is 48.1 Å². The standard InChI is InChI=1S/C20H22N2O2.BrH/c23-20(22-15-14-21-12-10-18(22)11-13-21)24-19-8-6-17(7-9-19)16-4-2-1-3-5-16;/h1-9,18H,10-15H2;1H. The van der Waals surface area contributed by atoms with Crippen molar-refractivity contribution in [1.29, 1.82) is 0 Å². The Morgan fingerprint density at radius 1 is 0.840 bits per heavy atom. The van der Waals surface area contributed by atoms with E-state index in [1.807, 2.05) is 47.4 Å². The van der Waals surface area contributed by atoms with Gasteiger partial charge in [0, 0.05) is 32.2 Å². The Kier molecular flexibility index (Phi) is 5.76. The molecule has 0 atom stereocenters. The summed E-state index contributed by atoms with van der Waals surface area (Å²) in [6.07, 6.45) is 1.90. The molecule has 0 N–H and O–H groups in total. The van der Waals surface area contributed by atoms with E-state index < -0.39 is 0 Å². The third kappa shape index (κ3) is 4.05. The van der Waals surface area contributed by atoms with Gasteiger partial charge in [-0.1, -0.05) is 42.5 Å². The van der Waals surface area contributed by atoms with Crippen LogP contribution in [0.5, 0.6) is 5.75 Å². The maximum atomic E-state index is 12.5. The first-order valence-electron chi connectivity index (χ1n) is 8.66. The van der Waals surface area contributed by atoms with Crippen molar-refractivity contribution in [3.8, 4) is 16.9 Å². The van der Waals surface area contributed by atoms with Crippen LogP contribution in [0.2, 0.25) is 0 Å². The number of carbonyl (C=O) groups excluding carboxylic acids is 1. The Morgan fingerprint density at radius 3 is 2.16 bits per heavy atom. The highest BCUT2D eigenvalue weighted by Crippen LogP contribution is 2.24. The Labute approximate surface area is 159 Å². The van der Waals surface area contributed by atoms with E-state index in [0.717, 1.165) is 50.1 Å². The molecule has 0 unspecified atom stereocenters. The summed E-state index contributed by atoms with van der Waals surface area (Å²) < 4.78 is 5.62. The quantitative estimate of drug-likeness (QED) is 0.753. The minimum absolute atomic E-state index is 0. The van der Waals surface area contributed by atoms with Crippen molar-refractivity contribution >= 4 is 23.1 Å². The maximum absolute atomic E-state index is 12.5. The number of halogens is 1. The molecule has 3 heterocycles. The summed E-state index contributed by atoms with van der Waals surface area (Å²) in [5.41, 5.74) is 2.28. The Morgan fingerprint density at radius 2 is 1.48 bits per heavy atom. The smallest absolute Gasteiger partial charge is 0.410 e. The van der Waals surface area contributed by atoms with Crippen molar-refractivity contribution < 1.29 is 9.53 Å². The monoisotopic (exact) mass is 402 g/mol. The average molecular weight is 403 g/mol. The van der Waals surface area contributed by atoms with Gasteiger partial charge in [-0.2, -0.15) is 0 Å². The van der Waals surface area contributed by atoms with Crippen LogP contribution in [-0.2, 0) is 0 Å². The third-order valence-electron chi connectivity index (χ3n) is 5.06. The van der Waals surface area contributed by atoms with Gasteiger partial charge in [0.15, 0.2) is 0 Å². The van der Waals surface area contributed by atoms with Crippen LogP contribution in [0.4, 0.5) is 4.79 Å². The highest BCUT2D eigenvalue weighted by atomic mass is 79.9. The minimum atomic E-state index is -0.212. The van der Waals surface area contributed by atoms with Crippen molar-refractivity contribution in [2.24, 2.45) is 0 Å². The van der Waals surface area contributed by atoms with E-state index in [-0.39, 0.29) is 23.1 Å². The predicted molar refractivity (Wildman–Crippen MR) is 104 cm³/mol. The molecule has 0 spiro atoms. The molecule has 0 aromatic heterocycles. The van der Waals surface area contributed by atoms with Gasteiger partial charge in [-0.15, -0.1) is 17.0 Å². The second-order valence-corrected chi connectivity index (χ2v) is 6.52. The normalized spacial score (nSPS) is 22.0. The zero-order chi connectivity index (χ0) is 16.4. The lowest BCUT2D eigenvalue weighted by molar-refractivity contribution is 0.131. The molecule has 2 bridgehead atoms. The van der Waals surface area contributed by atoms with Gasteiger partial charge in [0.25, 0.3) is 0 Å². The summed E-state index contributed by atoms with van der Waals surface area (Å²) in [6, 6.07) is 18.3. The molecule has 3 aliphatic heterocycles. The average Bonchev–Trinajstić information content (AvgIpc) is 2.97. The van der Waals surface area contributed by atoms with E-state index in [1.54, 1.807) is 0 Å². The number of hydrogen-bond donors (Lipinski definition) is 0. The Bertz CT molecular complexity index is 697. The fourth-order valence-corrected chi connectivity index (χ4v) is 3.63. The summed E-state index contributed by atoms with van der Waals surface area (Å²) in [7, 11) is 0. The highest BCUT2D eigenvalue weighted by molar-refractivity contribution is 8.93. The first-order valence-corrected chi connectivity index (χ1v) is 8.66. The van der Waals surface area contributed by atoms with E-state index in [1.165, 1.54) is 0 Å². The second kappa shape index (κ2) is 8.02. The number of benzene rings is 2. The summed E-state index contributed by atoms with van der Waals surface area (Å²) >= 11 is 0. The lowest BCUT2D eigenvalue weighted by Gasteiger charge is -2.30. The SMILES string of the molecule is Br.O=C(Oc1ccc(-c2ccccc2)cc1)N1CCN2CCC1CC2. The number of carbonyl (C=O) groups is 1. The predicted octanol–water partition coefficient (Wildman–Crippen LogP) is 4.21. The van der Waals surface area contributed by atoms with Gasteiger partial charge in [-0.3, -0.25) is 0 Å². The Balaban J connectivity index is 0.00000182. The summed E-state index contributed by atoms with van der Waals surface area (Å²) in [6.45, 7) is 3.92. The van der Waals surface area contributed by atoms with Gasteiger partial charge in [0.1, 0.15) is 5.75 Å². The lowest BCUT2D eigenvalue weighted by Crippen LogP contribution is -2.43. The maximum Gasteiger partial charge on any atom is 0.415 e. The first-order chi connectivity index (χ1) is 11.8. The summed E-state index contributed by atoms with van der Waals surface area (Å²) in [5.74, 6) is 0.610. The van der Waals surface area contributed by atoms with Crippen LogP contribution in [0.3, 0.4) is 0 Å². The number of ether oxygens (including phenoxy) is 1. The molecule has 0 radical (unpaired) electrons. The molecule has 5 heteroatoms. The molecule has 4 nitrogen and oxygen atoms in total. The van der Waals surface area contributed by atoms with Crippen molar-refractivity contribution in [3.05, 3.63) is 54.6 Å². The second-order valence-electron chi connectivity index (χ2n) is 6.52. The number of rotatable bonds is 2. The van der Waals surface area contributed by atoms with Gasteiger partial charge >= 0.3 is 6.09 Å². The topological polar surface area (TPSA) is 32.8 Å². The molecule has 1 amide bonds. The van der Waals surface area contributed by atoms with Crippen molar-refractivity contribution in [2.75, 3.05) is 26.2 Å². The first kappa shape index (κ1) is 18.0. The van der Waals surface area contributed by atoms with E-state index in [4.69, 9.17) is 4.74 Å². The van der Waals surface area contributed by atoms with E-state index in [2.05, 4.69) is 17.0 Å². The van der Waals surface area contributed by atoms with Crippen LogP contribution in [0.25, 0.3) is 11.1 Å². The van der Waals surface area contributed by atoms with Crippen molar-refractivity contribution in [3.63, 3.8) is 0 Å². The largest absolute Gasteiger partial charge is 0.415 e. The molecule has 132 valence electrons. The minimum Gasteiger partial charge on any atom is -0.410 e. The van der Waals surface area contributed by atoms with Gasteiger partial charge in [-0.05, 0) is 36.1 Å². The van der Waals surface area contributed by atoms with Gasteiger partial charge in [0.2, 0.25) is 0 Å². The van der Waals surface area contributed by atoms with Crippen LogP contribution in [0.1, 0.15) is 12.8 Å². The molecule has 0 aliphatic carbocycles. The van der Waals surface area contributed by atoms with Crippen molar-refractivity contribution in [1.82, 2.24) is 9.80 Å². The van der Waals surface area contributed by atoms with E-state index in [0.29, 0.717) is 11.8 Å². The molecule has 3 fully saturated rings. The fourth-order valence-electron chi connectivity index (χ4n) is 3.63. The van der Waals surface area contributed by atoms with E-state index in [9.17, 15) is 4.79 Å². The van der Waals surface area contributed by atoms with E-state index >= 15 is 0 Å². The number of hydrogen-bond acceptors (Lipinski definition) is 3. The molecule has 3 saturated heterocycles. The Hall–Kier alpha value is -1.85. The highest BCUT2D eigenvalue weighted by Gasteiger charge is 2.32. The van der Waals surface area contributed by atoms with Gasteiger partial charge in [-0.25, -0.2) is 4.79 Å². The number of nitrogens with zero attached hydrogens (tertiary/aromatic N) is 2. The molecule has 0 saturated carbocycles. The number of fused-ring (bicyclic) bond motifs is 4. The molecule has 2 aromatic rings. The summed E-state index contributed by atoms with van der Waals surface area (Å²) in [5, 5.41) is 0. The number of amides is 1. The zero-order valence-electron chi connectivity index (χ0n) is 14.1. The van der Waals surface area contributed by atoms with Crippen LogP contribution < -0.4 is 4.74 Å². The molecular formula is C20H23BrN2O2. The van der Waals surface area contributed by atoms with Gasteiger partial charge < -0.3 is 14.5 Å². The molecule has 25 heavy (non-hydrogen) atoms. The lowest BCUT2D eigenvalue weighted by atomic mass is 10.1. The van der Waals surface area contributed by atoms with Crippen LogP contribution >= 0.6 is 17.0 Å². The fraction of sp³-hybridized carbons (Fsp3) is 0.350. The zero-order valence-corrected chi connectivity index (χ0v) is 15.8. The van der Waals surface area contributed by atoms with Crippen molar-refractivity contribution in [2.45, 2.75) is 18.9 Å². The third-order valence-corrected chi connectivity index (χ3v) is 5.06. The molecular weight excluding hydrogens is 380 g/mol. The summed E-state index contributed by atoms with van der Waals surface area (Å²) in [4.78, 5) is 16.9.